The minimum atomic E-state index is -3.71. The number of aryl methyl sites for hydroxylation is 1. The topological polar surface area (TPSA) is 66.4 Å². The SMILES string of the molecule is Cc1ccc(S(=O)(=O)N[C@H](C2C=CC=C2)[C@@H](O)C2C=CC=C2)cc1. The van der Waals surface area contributed by atoms with Gasteiger partial charge in [0.25, 0.3) is 0 Å². The third kappa shape index (κ3) is 3.59. The fourth-order valence-corrected chi connectivity index (χ4v) is 4.23. The highest BCUT2D eigenvalue weighted by Crippen LogP contribution is 2.25. The maximum Gasteiger partial charge on any atom is 0.240 e. The van der Waals surface area contributed by atoms with E-state index in [0.717, 1.165) is 5.56 Å². The van der Waals surface area contributed by atoms with Crippen LogP contribution in [0.25, 0.3) is 0 Å². The Morgan fingerprint density at radius 3 is 1.96 bits per heavy atom. The molecule has 5 heteroatoms. The zero-order valence-electron chi connectivity index (χ0n) is 13.4. The molecule has 0 heterocycles. The Kier molecular flexibility index (Phi) is 4.85. The van der Waals surface area contributed by atoms with Crippen molar-refractivity contribution in [3.8, 4) is 0 Å². The smallest absolute Gasteiger partial charge is 0.240 e. The van der Waals surface area contributed by atoms with E-state index in [2.05, 4.69) is 4.72 Å². The number of nitrogens with one attached hydrogen (secondary N) is 1. The molecule has 2 aliphatic carbocycles. The molecule has 0 saturated carbocycles. The molecule has 24 heavy (non-hydrogen) atoms. The van der Waals surface area contributed by atoms with E-state index >= 15 is 0 Å². The van der Waals surface area contributed by atoms with Gasteiger partial charge in [-0.25, -0.2) is 13.1 Å². The third-order valence-corrected chi connectivity index (χ3v) is 5.83. The van der Waals surface area contributed by atoms with Crippen LogP contribution in [0.15, 0.2) is 77.8 Å². The molecule has 0 unspecified atom stereocenters. The summed E-state index contributed by atoms with van der Waals surface area (Å²) < 4.78 is 28.1. The molecule has 0 spiro atoms. The van der Waals surface area contributed by atoms with Crippen molar-refractivity contribution in [3.63, 3.8) is 0 Å². The molecule has 2 N–H and O–H groups in total. The molecule has 0 amide bonds. The van der Waals surface area contributed by atoms with Gasteiger partial charge in [-0.3, -0.25) is 0 Å². The summed E-state index contributed by atoms with van der Waals surface area (Å²) >= 11 is 0. The fraction of sp³-hybridized carbons (Fsp3) is 0.263. The molecule has 0 radical (unpaired) electrons. The van der Waals surface area contributed by atoms with Crippen LogP contribution in [0.4, 0.5) is 0 Å². The largest absolute Gasteiger partial charge is 0.390 e. The Hall–Kier alpha value is -1.95. The second-order valence-electron chi connectivity index (χ2n) is 6.15. The third-order valence-electron chi connectivity index (χ3n) is 4.36. The lowest BCUT2D eigenvalue weighted by atomic mass is 9.89. The first-order chi connectivity index (χ1) is 11.5. The van der Waals surface area contributed by atoms with Crippen molar-refractivity contribution >= 4 is 10.0 Å². The van der Waals surface area contributed by atoms with Crippen LogP contribution >= 0.6 is 0 Å². The molecule has 1 aromatic rings. The Morgan fingerprint density at radius 2 is 1.42 bits per heavy atom. The van der Waals surface area contributed by atoms with Gasteiger partial charge in [0, 0.05) is 11.8 Å². The highest BCUT2D eigenvalue weighted by Gasteiger charge is 2.34. The van der Waals surface area contributed by atoms with Crippen molar-refractivity contribution in [2.24, 2.45) is 11.8 Å². The summed E-state index contributed by atoms with van der Waals surface area (Å²) in [5.74, 6) is -0.374. The predicted octanol–water partition coefficient (Wildman–Crippen LogP) is 2.49. The van der Waals surface area contributed by atoms with E-state index < -0.39 is 22.2 Å². The van der Waals surface area contributed by atoms with Crippen molar-refractivity contribution < 1.29 is 13.5 Å². The summed E-state index contributed by atoms with van der Waals surface area (Å²) in [6.45, 7) is 1.91. The Labute approximate surface area is 143 Å². The monoisotopic (exact) mass is 343 g/mol. The van der Waals surface area contributed by atoms with E-state index in [9.17, 15) is 13.5 Å². The van der Waals surface area contributed by atoms with E-state index in [-0.39, 0.29) is 16.7 Å². The molecule has 0 aliphatic heterocycles. The van der Waals surface area contributed by atoms with Crippen molar-refractivity contribution in [1.29, 1.82) is 0 Å². The van der Waals surface area contributed by atoms with E-state index in [4.69, 9.17) is 0 Å². The molecule has 0 aromatic heterocycles. The Morgan fingerprint density at radius 1 is 0.917 bits per heavy atom. The van der Waals surface area contributed by atoms with Gasteiger partial charge < -0.3 is 5.11 Å². The van der Waals surface area contributed by atoms with Crippen molar-refractivity contribution in [2.45, 2.75) is 24.0 Å². The number of rotatable bonds is 6. The summed E-state index contributed by atoms with van der Waals surface area (Å²) in [6.07, 6.45) is 14.1. The number of hydrogen-bond acceptors (Lipinski definition) is 3. The van der Waals surface area contributed by atoms with Gasteiger partial charge in [-0.15, -0.1) is 0 Å². The van der Waals surface area contributed by atoms with Gasteiger partial charge in [0.05, 0.1) is 17.0 Å². The van der Waals surface area contributed by atoms with Crippen LogP contribution in [0.5, 0.6) is 0 Å². The summed E-state index contributed by atoms with van der Waals surface area (Å²) in [5.41, 5.74) is 0.994. The summed E-state index contributed by atoms with van der Waals surface area (Å²) in [7, 11) is -3.71. The van der Waals surface area contributed by atoms with Gasteiger partial charge in [-0.2, -0.15) is 0 Å². The molecule has 4 nitrogen and oxygen atoms in total. The first kappa shape index (κ1) is 16.9. The molecular weight excluding hydrogens is 322 g/mol. The highest BCUT2D eigenvalue weighted by molar-refractivity contribution is 7.89. The van der Waals surface area contributed by atoms with Gasteiger partial charge in [0.15, 0.2) is 0 Å². The van der Waals surface area contributed by atoms with Crippen LogP contribution in [-0.4, -0.2) is 25.7 Å². The summed E-state index contributed by atoms with van der Waals surface area (Å²) in [5, 5.41) is 10.7. The molecule has 0 bridgehead atoms. The van der Waals surface area contributed by atoms with Crippen LogP contribution in [-0.2, 0) is 10.0 Å². The number of sulfonamides is 1. The van der Waals surface area contributed by atoms with Crippen molar-refractivity contribution in [1.82, 2.24) is 4.72 Å². The van der Waals surface area contributed by atoms with Crippen LogP contribution in [0.1, 0.15) is 5.56 Å². The van der Waals surface area contributed by atoms with Crippen molar-refractivity contribution in [2.75, 3.05) is 0 Å². The van der Waals surface area contributed by atoms with Crippen LogP contribution in [0.3, 0.4) is 0 Å². The molecular formula is C19H21NO3S. The van der Waals surface area contributed by atoms with Gasteiger partial charge in [0.1, 0.15) is 0 Å². The average molecular weight is 343 g/mol. The maximum absolute atomic E-state index is 12.7. The second-order valence-corrected chi connectivity index (χ2v) is 7.86. The standard InChI is InChI=1S/C19H21NO3S/c1-14-10-12-17(13-11-14)24(22,23)20-18(15-6-2-3-7-15)19(21)16-8-4-5-9-16/h2-13,15-16,18-21H,1H3/t18-,19+/m1/s1. The summed E-state index contributed by atoms with van der Waals surface area (Å²) in [4.78, 5) is 0.203. The van der Waals surface area contributed by atoms with Crippen molar-refractivity contribution in [3.05, 3.63) is 78.4 Å². The van der Waals surface area contributed by atoms with Gasteiger partial charge in [-0.05, 0) is 19.1 Å². The number of allylic oxidation sites excluding steroid dienone is 4. The quantitative estimate of drug-likeness (QED) is 0.834. The highest BCUT2D eigenvalue weighted by atomic mass is 32.2. The van der Waals surface area contributed by atoms with E-state index in [1.165, 1.54) is 0 Å². The molecule has 3 rings (SSSR count). The van der Waals surface area contributed by atoms with E-state index in [0.29, 0.717) is 0 Å². The number of aliphatic hydroxyl groups excluding tert-OH is 1. The number of hydrogen-bond donors (Lipinski definition) is 2. The Bertz CT molecular complexity index is 780. The normalized spacial score (nSPS) is 20.1. The van der Waals surface area contributed by atoms with Crippen LogP contribution in [0.2, 0.25) is 0 Å². The minimum Gasteiger partial charge on any atom is -0.390 e. The lowest BCUT2D eigenvalue weighted by Crippen LogP contribution is -2.49. The van der Waals surface area contributed by atoms with Crippen LogP contribution < -0.4 is 4.72 Å². The number of aliphatic hydroxyl groups is 1. The first-order valence-electron chi connectivity index (χ1n) is 7.94. The first-order valence-corrected chi connectivity index (χ1v) is 9.43. The van der Waals surface area contributed by atoms with E-state index in [1.54, 1.807) is 24.3 Å². The molecule has 126 valence electrons. The van der Waals surface area contributed by atoms with Gasteiger partial charge >= 0.3 is 0 Å². The van der Waals surface area contributed by atoms with Gasteiger partial charge in [0.2, 0.25) is 10.0 Å². The average Bonchev–Trinajstić information content (AvgIpc) is 3.25. The summed E-state index contributed by atoms with van der Waals surface area (Å²) in [6, 6.07) is 6.05. The molecule has 0 saturated heterocycles. The molecule has 1 aromatic carbocycles. The zero-order valence-corrected chi connectivity index (χ0v) is 14.2. The lowest BCUT2D eigenvalue weighted by molar-refractivity contribution is 0.104. The predicted molar refractivity (Wildman–Crippen MR) is 94.8 cm³/mol. The minimum absolute atomic E-state index is 0.178. The van der Waals surface area contributed by atoms with Crippen LogP contribution in [0, 0.1) is 18.8 Å². The second kappa shape index (κ2) is 6.89. The fourth-order valence-electron chi connectivity index (χ4n) is 2.95. The zero-order chi connectivity index (χ0) is 17.2. The molecule has 2 atom stereocenters. The van der Waals surface area contributed by atoms with E-state index in [1.807, 2.05) is 55.5 Å². The number of benzene rings is 1. The molecule has 2 aliphatic rings. The maximum atomic E-state index is 12.7. The Balaban J connectivity index is 1.86. The molecule has 0 fully saturated rings. The van der Waals surface area contributed by atoms with Gasteiger partial charge in [-0.1, -0.05) is 66.3 Å². The lowest BCUT2D eigenvalue weighted by Gasteiger charge is -2.30.